The Kier molecular flexibility index (Phi) is 3.47. The highest BCUT2D eigenvalue weighted by Gasteiger charge is 2.24. The third-order valence-corrected chi connectivity index (χ3v) is 4.50. The molecule has 92 valence electrons. The van der Waals surface area contributed by atoms with Crippen LogP contribution in [-0.2, 0) is 21.1 Å². The maximum Gasteiger partial charge on any atom is 0.227 e. The minimum atomic E-state index is -2.92. The Bertz CT molecular complexity index is 482. The molecule has 0 bridgehead atoms. The van der Waals surface area contributed by atoms with Gasteiger partial charge >= 0.3 is 0 Å². The quantitative estimate of drug-likeness (QED) is 0.770. The van der Waals surface area contributed by atoms with E-state index in [1.54, 1.807) is 4.90 Å². The van der Waals surface area contributed by atoms with E-state index in [1.807, 2.05) is 30.3 Å². The first-order chi connectivity index (χ1) is 8.07. The monoisotopic (exact) mass is 253 g/mol. The van der Waals surface area contributed by atoms with Gasteiger partial charge in [0.1, 0.15) is 0 Å². The Morgan fingerprint density at radius 3 is 2.29 bits per heavy atom. The van der Waals surface area contributed by atoms with Crippen LogP contribution in [0.25, 0.3) is 0 Å². The Balaban J connectivity index is 1.94. The van der Waals surface area contributed by atoms with Crippen molar-refractivity contribution in [2.45, 2.75) is 6.42 Å². The SMILES string of the molecule is O=C(Cc1ccccc1)N1CCS(=O)(=O)CC1. The molecule has 1 heterocycles. The van der Waals surface area contributed by atoms with Crippen LogP contribution < -0.4 is 0 Å². The second kappa shape index (κ2) is 4.87. The van der Waals surface area contributed by atoms with Crippen LogP contribution in [0, 0.1) is 0 Å². The third kappa shape index (κ3) is 3.30. The van der Waals surface area contributed by atoms with E-state index in [9.17, 15) is 13.2 Å². The number of rotatable bonds is 2. The van der Waals surface area contributed by atoms with E-state index in [-0.39, 0.29) is 17.4 Å². The smallest absolute Gasteiger partial charge is 0.227 e. The third-order valence-electron chi connectivity index (χ3n) is 2.90. The zero-order valence-electron chi connectivity index (χ0n) is 9.50. The van der Waals surface area contributed by atoms with Gasteiger partial charge in [-0.3, -0.25) is 4.79 Å². The maximum absolute atomic E-state index is 11.9. The van der Waals surface area contributed by atoms with E-state index in [4.69, 9.17) is 0 Å². The van der Waals surface area contributed by atoms with Gasteiger partial charge in [-0.25, -0.2) is 8.42 Å². The fourth-order valence-electron chi connectivity index (χ4n) is 1.84. The van der Waals surface area contributed by atoms with Crippen molar-refractivity contribution in [3.63, 3.8) is 0 Å². The second-order valence-corrected chi connectivity index (χ2v) is 6.50. The second-order valence-electron chi connectivity index (χ2n) is 4.19. The highest BCUT2D eigenvalue weighted by molar-refractivity contribution is 7.91. The number of sulfone groups is 1. The molecule has 4 nitrogen and oxygen atoms in total. The normalized spacial score (nSPS) is 18.9. The molecule has 5 heteroatoms. The molecule has 1 amide bonds. The number of hydrogen-bond acceptors (Lipinski definition) is 3. The van der Waals surface area contributed by atoms with Gasteiger partial charge in [0, 0.05) is 13.1 Å². The summed E-state index contributed by atoms with van der Waals surface area (Å²) in [5.74, 6) is 0.187. The maximum atomic E-state index is 11.9. The lowest BCUT2D eigenvalue weighted by Crippen LogP contribution is -2.44. The number of carbonyl (C=O) groups is 1. The zero-order chi connectivity index (χ0) is 12.3. The predicted molar refractivity (Wildman–Crippen MR) is 65.4 cm³/mol. The van der Waals surface area contributed by atoms with Crippen molar-refractivity contribution in [3.05, 3.63) is 35.9 Å². The van der Waals surface area contributed by atoms with Gasteiger partial charge < -0.3 is 4.90 Å². The van der Waals surface area contributed by atoms with Crippen molar-refractivity contribution >= 4 is 15.7 Å². The topological polar surface area (TPSA) is 54.5 Å². The van der Waals surface area contributed by atoms with Crippen molar-refractivity contribution in [1.82, 2.24) is 4.90 Å². The Labute approximate surface area is 101 Å². The van der Waals surface area contributed by atoms with Crippen LogP contribution in [0.4, 0.5) is 0 Å². The highest BCUT2D eigenvalue weighted by Crippen LogP contribution is 2.07. The number of carbonyl (C=O) groups excluding carboxylic acids is 1. The summed E-state index contributed by atoms with van der Waals surface area (Å²) >= 11 is 0. The first kappa shape index (κ1) is 12.1. The minimum Gasteiger partial charge on any atom is -0.340 e. The van der Waals surface area contributed by atoms with Crippen molar-refractivity contribution in [3.8, 4) is 0 Å². The van der Waals surface area contributed by atoms with Crippen LogP contribution in [0.3, 0.4) is 0 Å². The molecule has 0 N–H and O–H groups in total. The molecule has 0 radical (unpaired) electrons. The van der Waals surface area contributed by atoms with Crippen molar-refractivity contribution in [2.24, 2.45) is 0 Å². The fraction of sp³-hybridized carbons (Fsp3) is 0.417. The van der Waals surface area contributed by atoms with Gasteiger partial charge in [0.25, 0.3) is 0 Å². The summed E-state index contributed by atoms with van der Waals surface area (Å²) in [5.41, 5.74) is 0.964. The molecule has 1 aromatic rings. The van der Waals surface area contributed by atoms with Gasteiger partial charge in [-0.15, -0.1) is 0 Å². The lowest BCUT2D eigenvalue weighted by molar-refractivity contribution is -0.130. The Morgan fingerprint density at radius 1 is 1.12 bits per heavy atom. The number of benzene rings is 1. The molecule has 1 fully saturated rings. The van der Waals surface area contributed by atoms with Crippen LogP contribution in [0.2, 0.25) is 0 Å². The molecular weight excluding hydrogens is 238 g/mol. The van der Waals surface area contributed by atoms with E-state index in [2.05, 4.69) is 0 Å². The summed E-state index contributed by atoms with van der Waals surface area (Å²) in [6, 6.07) is 9.49. The summed E-state index contributed by atoms with van der Waals surface area (Å²) in [4.78, 5) is 13.5. The van der Waals surface area contributed by atoms with Crippen LogP contribution in [0.15, 0.2) is 30.3 Å². The molecular formula is C12H15NO3S. The summed E-state index contributed by atoms with van der Waals surface area (Å²) in [7, 11) is -2.92. The number of amides is 1. The van der Waals surface area contributed by atoms with Gasteiger partial charge in [-0.1, -0.05) is 30.3 Å². The highest BCUT2D eigenvalue weighted by atomic mass is 32.2. The first-order valence-corrected chi connectivity index (χ1v) is 7.41. The molecule has 0 atom stereocenters. The number of hydrogen-bond donors (Lipinski definition) is 0. The lowest BCUT2D eigenvalue weighted by atomic mass is 10.1. The van der Waals surface area contributed by atoms with E-state index in [1.165, 1.54) is 0 Å². The van der Waals surface area contributed by atoms with Crippen LogP contribution in [-0.4, -0.2) is 43.8 Å². The van der Waals surface area contributed by atoms with Crippen LogP contribution >= 0.6 is 0 Å². The van der Waals surface area contributed by atoms with Gasteiger partial charge in [0.15, 0.2) is 9.84 Å². The molecule has 0 spiro atoms. The average molecular weight is 253 g/mol. The largest absolute Gasteiger partial charge is 0.340 e. The predicted octanol–water partition coefficient (Wildman–Crippen LogP) is 0.486. The van der Waals surface area contributed by atoms with Gasteiger partial charge in [-0.05, 0) is 5.56 Å². The standard InChI is InChI=1S/C12H15NO3S/c14-12(10-11-4-2-1-3-5-11)13-6-8-17(15,16)9-7-13/h1-5H,6-10H2. The molecule has 1 aliphatic rings. The van der Waals surface area contributed by atoms with Gasteiger partial charge in [0.2, 0.25) is 5.91 Å². The summed E-state index contributed by atoms with van der Waals surface area (Å²) in [6.45, 7) is 0.655. The average Bonchev–Trinajstić information content (AvgIpc) is 2.30. The molecule has 17 heavy (non-hydrogen) atoms. The molecule has 2 rings (SSSR count). The Morgan fingerprint density at radius 2 is 1.71 bits per heavy atom. The summed E-state index contributed by atoms with van der Waals surface area (Å²) < 4.78 is 22.5. The molecule has 0 saturated carbocycles. The lowest BCUT2D eigenvalue weighted by Gasteiger charge is -2.26. The van der Waals surface area contributed by atoms with E-state index < -0.39 is 9.84 Å². The van der Waals surface area contributed by atoms with Crippen molar-refractivity contribution < 1.29 is 13.2 Å². The van der Waals surface area contributed by atoms with E-state index in [0.717, 1.165) is 5.56 Å². The van der Waals surface area contributed by atoms with E-state index >= 15 is 0 Å². The van der Waals surface area contributed by atoms with Gasteiger partial charge in [0.05, 0.1) is 17.9 Å². The molecule has 1 aromatic carbocycles. The van der Waals surface area contributed by atoms with E-state index in [0.29, 0.717) is 19.5 Å². The summed E-state index contributed by atoms with van der Waals surface area (Å²) in [5, 5.41) is 0. The zero-order valence-corrected chi connectivity index (χ0v) is 10.3. The van der Waals surface area contributed by atoms with Crippen molar-refractivity contribution in [2.75, 3.05) is 24.6 Å². The first-order valence-electron chi connectivity index (χ1n) is 5.59. The Hall–Kier alpha value is -1.36. The molecule has 1 saturated heterocycles. The van der Waals surface area contributed by atoms with Crippen molar-refractivity contribution in [1.29, 1.82) is 0 Å². The van der Waals surface area contributed by atoms with Gasteiger partial charge in [-0.2, -0.15) is 0 Å². The van der Waals surface area contributed by atoms with Crippen LogP contribution in [0.5, 0.6) is 0 Å². The van der Waals surface area contributed by atoms with Crippen LogP contribution in [0.1, 0.15) is 5.56 Å². The fourth-order valence-corrected chi connectivity index (χ4v) is 3.05. The molecule has 1 aliphatic heterocycles. The minimum absolute atomic E-state index is 0.00565. The number of nitrogens with zero attached hydrogens (tertiary/aromatic N) is 1. The molecule has 0 aliphatic carbocycles. The molecule has 0 unspecified atom stereocenters. The molecule has 0 aromatic heterocycles. The summed E-state index contributed by atoms with van der Waals surface area (Å²) in [6.07, 6.45) is 0.348.